The van der Waals surface area contributed by atoms with Crippen molar-refractivity contribution < 1.29 is 46.1 Å². The predicted octanol–water partition coefficient (Wildman–Crippen LogP) is 5.63. The summed E-state index contributed by atoms with van der Waals surface area (Å²) in [5.41, 5.74) is 6.44. The average Bonchev–Trinajstić information content (AvgIpc) is 3.44. The highest BCUT2D eigenvalue weighted by molar-refractivity contribution is 5.92. The summed E-state index contributed by atoms with van der Waals surface area (Å²) in [6, 6.07) is 23.2. The molecular formula is C30H26F6N6O4. The number of carboxylic acids is 2. The van der Waals surface area contributed by atoms with E-state index in [1.807, 2.05) is 34.9 Å². The number of aliphatic carboxylic acids is 2. The van der Waals surface area contributed by atoms with Crippen molar-refractivity contribution in [2.45, 2.75) is 12.4 Å². The van der Waals surface area contributed by atoms with Crippen LogP contribution in [0.25, 0.3) is 39.1 Å². The number of fused-ring (bicyclic) bond motifs is 2. The largest absolute Gasteiger partial charge is 0.490 e. The fourth-order valence-electron chi connectivity index (χ4n) is 4.47. The number of alkyl halides is 6. The van der Waals surface area contributed by atoms with Crippen molar-refractivity contribution in [3.8, 4) is 22.5 Å². The summed E-state index contributed by atoms with van der Waals surface area (Å²) in [6.07, 6.45) is -6.28. The van der Waals surface area contributed by atoms with Crippen LogP contribution < -0.4 is 4.90 Å². The average molecular weight is 649 g/mol. The normalized spacial score (nSPS) is 13.8. The lowest BCUT2D eigenvalue weighted by molar-refractivity contribution is -0.193. The molecule has 0 spiro atoms. The Morgan fingerprint density at radius 2 is 1.35 bits per heavy atom. The van der Waals surface area contributed by atoms with Gasteiger partial charge in [-0.1, -0.05) is 30.3 Å². The van der Waals surface area contributed by atoms with Gasteiger partial charge in [0.25, 0.3) is 0 Å². The van der Waals surface area contributed by atoms with Crippen LogP contribution in [-0.2, 0) is 9.59 Å². The number of hydrogen-bond acceptors (Lipinski definition) is 7. The summed E-state index contributed by atoms with van der Waals surface area (Å²) >= 11 is 0. The first-order valence-corrected chi connectivity index (χ1v) is 13.5. The van der Waals surface area contributed by atoms with Gasteiger partial charge in [-0.15, -0.1) is 10.2 Å². The Hall–Kier alpha value is -5.25. The molecule has 10 nitrogen and oxygen atoms in total. The standard InChI is InChI=1S/C26H24N6.2C2HF3O2/c1-30-14-16-31(17-15-30)21-8-6-19(7-9-21)20-11-13-32-25(18-20)28-29-26(32)23-10-12-27-24-5-3-2-4-22(23)24;2*3-2(4,5)1(6)7/h2-13,18H,14-17H2,1H3;2*(H,6,7). The highest BCUT2D eigenvalue weighted by Gasteiger charge is 2.38. The molecule has 242 valence electrons. The van der Waals surface area contributed by atoms with Gasteiger partial charge in [-0.25, -0.2) is 9.59 Å². The molecule has 0 atom stereocenters. The van der Waals surface area contributed by atoms with Gasteiger partial charge in [0, 0.05) is 55.2 Å². The molecule has 16 heteroatoms. The first-order chi connectivity index (χ1) is 21.6. The van der Waals surface area contributed by atoms with Gasteiger partial charge < -0.3 is 20.0 Å². The van der Waals surface area contributed by atoms with Gasteiger partial charge in [0.05, 0.1) is 5.52 Å². The molecule has 5 aromatic rings. The second-order valence-electron chi connectivity index (χ2n) is 9.99. The Bertz CT molecular complexity index is 1790. The van der Waals surface area contributed by atoms with Crippen molar-refractivity contribution in [1.82, 2.24) is 24.5 Å². The molecule has 2 aromatic carbocycles. The van der Waals surface area contributed by atoms with Crippen LogP contribution in [0.15, 0.2) is 79.1 Å². The van der Waals surface area contributed by atoms with Crippen LogP contribution in [0.1, 0.15) is 0 Å². The maximum atomic E-state index is 10.6. The monoisotopic (exact) mass is 648 g/mol. The number of likely N-dealkylation sites (N-methyl/N-ethyl adjacent to an activating group) is 1. The Morgan fingerprint density at radius 3 is 1.93 bits per heavy atom. The van der Waals surface area contributed by atoms with Gasteiger partial charge in [0.2, 0.25) is 0 Å². The van der Waals surface area contributed by atoms with Crippen molar-refractivity contribution in [2.24, 2.45) is 0 Å². The van der Waals surface area contributed by atoms with Crippen LogP contribution in [0.2, 0.25) is 0 Å². The first-order valence-electron chi connectivity index (χ1n) is 13.5. The van der Waals surface area contributed by atoms with E-state index in [1.165, 1.54) is 11.3 Å². The molecule has 46 heavy (non-hydrogen) atoms. The van der Waals surface area contributed by atoms with Gasteiger partial charge in [-0.3, -0.25) is 9.38 Å². The lowest BCUT2D eigenvalue weighted by atomic mass is 10.1. The zero-order valence-corrected chi connectivity index (χ0v) is 24.0. The minimum Gasteiger partial charge on any atom is -0.475 e. The third-order valence-corrected chi connectivity index (χ3v) is 6.85. The number of carbonyl (C=O) groups is 2. The highest BCUT2D eigenvalue weighted by atomic mass is 19.4. The lowest BCUT2D eigenvalue weighted by Crippen LogP contribution is -2.44. The van der Waals surface area contributed by atoms with E-state index in [9.17, 15) is 26.3 Å². The van der Waals surface area contributed by atoms with E-state index >= 15 is 0 Å². The first kappa shape index (κ1) is 33.6. The minimum absolute atomic E-state index is 0.829. The smallest absolute Gasteiger partial charge is 0.475 e. The number of hydrogen-bond donors (Lipinski definition) is 2. The van der Waals surface area contributed by atoms with Crippen LogP contribution in [0, 0.1) is 0 Å². The van der Waals surface area contributed by atoms with E-state index < -0.39 is 24.3 Å². The van der Waals surface area contributed by atoms with Crippen LogP contribution >= 0.6 is 0 Å². The zero-order valence-electron chi connectivity index (χ0n) is 24.0. The number of benzene rings is 2. The van der Waals surface area contributed by atoms with E-state index in [0.717, 1.165) is 59.7 Å². The molecule has 6 rings (SSSR count). The summed E-state index contributed by atoms with van der Waals surface area (Å²) in [4.78, 5) is 27.1. The third kappa shape index (κ3) is 8.26. The number of pyridine rings is 2. The Labute approximate surface area is 257 Å². The van der Waals surface area contributed by atoms with Gasteiger partial charge in [0.15, 0.2) is 11.5 Å². The highest BCUT2D eigenvalue weighted by Crippen LogP contribution is 2.29. The molecule has 0 amide bonds. The molecule has 1 saturated heterocycles. The summed E-state index contributed by atoms with van der Waals surface area (Å²) in [7, 11) is 2.18. The number of rotatable bonds is 3. The fraction of sp³-hybridized carbons (Fsp3) is 0.233. The summed E-state index contributed by atoms with van der Waals surface area (Å²) in [5, 5.41) is 24.3. The van der Waals surface area contributed by atoms with Crippen LogP contribution in [0.4, 0.5) is 32.0 Å². The number of piperazine rings is 1. The van der Waals surface area contributed by atoms with Gasteiger partial charge >= 0.3 is 24.3 Å². The molecule has 3 aromatic heterocycles. The molecule has 0 saturated carbocycles. The molecule has 2 N–H and O–H groups in total. The van der Waals surface area contributed by atoms with E-state index in [1.54, 1.807) is 0 Å². The molecule has 1 aliphatic rings. The van der Waals surface area contributed by atoms with Crippen molar-refractivity contribution >= 4 is 34.2 Å². The minimum atomic E-state index is -5.08. The molecule has 0 aliphatic carbocycles. The fourth-order valence-corrected chi connectivity index (χ4v) is 4.47. The number of para-hydroxylation sites is 1. The van der Waals surface area contributed by atoms with Crippen molar-refractivity contribution in [3.63, 3.8) is 0 Å². The molecule has 4 heterocycles. The van der Waals surface area contributed by atoms with Crippen LogP contribution in [0.3, 0.4) is 0 Å². The van der Waals surface area contributed by atoms with E-state index in [2.05, 4.69) is 80.7 Å². The molecule has 1 aliphatic heterocycles. The SMILES string of the molecule is CN1CCN(c2ccc(-c3ccn4c(-c5ccnc6ccccc56)nnc4c3)cc2)CC1.O=C(O)C(F)(F)F.O=C(O)C(F)(F)F. The Kier molecular flexibility index (Phi) is 10.1. The second kappa shape index (κ2) is 13.8. The van der Waals surface area contributed by atoms with Crippen molar-refractivity contribution in [3.05, 3.63) is 79.1 Å². The van der Waals surface area contributed by atoms with Gasteiger partial charge in [0.1, 0.15) is 0 Å². The topological polar surface area (TPSA) is 124 Å². The maximum absolute atomic E-state index is 10.6. The summed E-state index contributed by atoms with van der Waals surface area (Å²) < 4.78 is 65.5. The van der Waals surface area contributed by atoms with E-state index in [-0.39, 0.29) is 0 Å². The lowest BCUT2D eigenvalue weighted by Gasteiger charge is -2.34. The second-order valence-corrected chi connectivity index (χ2v) is 9.99. The number of anilines is 1. The zero-order chi connectivity index (χ0) is 33.6. The summed E-state index contributed by atoms with van der Waals surface area (Å²) in [6.45, 7) is 4.38. The predicted molar refractivity (Wildman–Crippen MR) is 156 cm³/mol. The molecule has 1 fully saturated rings. The number of aromatic nitrogens is 4. The quantitative estimate of drug-likeness (QED) is 0.240. The van der Waals surface area contributed by atoms with Gasteiger partial charge in [-0.05, 0) is 54.6 Å². The third-order valence-electron chi connectivity index (χ3n) is 6.85. The number of nitrogens with zero attached hydrogens (tertiary/aromatic N) is 6. The number of halogens is 6. The maximum Gasteiger partial charge on any atom is 0.490 e. The van der Waals surface area contributed by atoms with E-state index in [0.29, 0.717) is 0 Å². The van der Waals surface area contributed by atoms with Crippen molar-refractivity contribution in [1.29, 1.82) is 0 Å². The van der Waals surface area contributed by atoms with Crippen molar-refractivity contribution in [2.75, 3.05) is 38.1 Å². The van der Waals surface area contributed by atoms with Gasteiger partial charge in [-0.2, -0.15) is 26.3 Å². The molecular weight excluding hydrogens is 622 g/mol. The number of carboxylic acid groups (broad SMARTS) is 2. The van der Waals surface area contributed by atoms with Crippen LogP contribution in [-0.4, -0.2) is 92.2 Å². The Balaban J connectivity index is 0.000000289. The molecule has 0 radical (unpaired) electrons. The van der Waals surface area contributed by atoms with E-state index in [4.69, 9.17) is 19.8 Å². The Morgan fingerprint density at radius 1 is 0.761 bits per heavy atom. The molecule has 0 unspecified atom stereocenters. The summed E-state index contributed by atoms with van der Waals surface area (Å²) in [5.74, 6) is -4.68. The molecule has 0 bridgehead atoms. The van der Waals surface area contributed by atoms with Crippen LogP contribution in [0.5, 0.6) is 0 Å².